The molecule has 1 aliphatic carbocycles. The number of ether oxygens (including phenoxy) is 1. The van der Waals surface area contributed by atoms with Gasteiger partial charge in [-0.05, 0) is 43.4 Å². The second-order valence-electron chi connectivity index (χ2n) is 7.67. The van der Waals surface area contributed by atoms with Crippen molar-refractivity contribution >= 4 is 28.2 Å². The maximum atomic E-state index is 13.1. The van der Waals surface area contributed by atoms with Crippen molar-refractivity contribution < 1.29 is 18.7 Å². The largest absolute Gasteiger partial charge is 0.452 e. The van der Waals surface area contributed by atoms with Crippen LogP contribution in [-0.4, -0.2) is 21.8 Å². The second-order valence-corrected chi connectivity index (χ2v) is 8.78. The summed E-state index contributed by atoms with van der Waals surface area (Å²) in [5.41, 5.74) is 2.73. The summed E-state index contributed by atoms with van der Waals surface area (Å²) in [5, 5.41) is 3.40. The monoisotopic (exact) mass is 459 g/mol. The third-order valence-corrected chi connectivity index (χ3v) is 6.67. The maximum absolute atomic E-state index is 13.1. The van der Waals surface area contributed by atoms with E-state index >= 15 is 0 Å². The van der Waals surface area contributed by atoms with Gasteiger partial charge in [-0.3, -0.25) is 9.78 Å². The van der Waals surface area contributed by atoms with E-state index in [0.29, 0.717) is 27.8 Å². The van der Waals surface area contributed by atoms with Crippen molar-refractivity contribution in [2.24, 2.45) is 0 Å². The Bertz CT molecular complexity index is 1280. The van der Waals surface area contributed by atoms with Crippen LogP contribution in [0, 0.1) is 0 Å². The van der Waals surface area contributed by atoms with Gasteiger partial charge in [0.05, 0.1) is 17.3 Å². The molecule has 5 rings (SSSR count). The normalized spacial score (nSPS) is 12.7. The number of oxazole rings is 1. The molecular weight excluding hydrogens is 438 g/mol. The predicted octanol–water partition coefficient (Wildman–Crippen LogP) is 5.29. The highest BCUT2D eigenvalue weighted by Crippen LogP contribution is 2.39. The van der Waals surface area contributed by atoms with Gasteiger partial charge >= 0.3 is 5.97 Å². The molecule has 0 fully saturated rings. The van der Waals surface area contributed by atoms with Crippen molar-refractivity contribution in [3.63, 3.8) is 0 Å². The number of amides is 1. The molecule has 3 heterocycles. The van der Waals surface area contributed by atoms with Gasteiger partial charge in [-0.25, -0.2) is 9.78 Å². The van der Waals surface area contributed by atoms with E-state index in [1.807, 2.05) is 30.3 Å². The Labute approximate surface area is 194 Å². The molecule has 4 aromatic rings. The van der Waals surface area contributed by atoms with Crippen LogP contribution in [0.5, 0.6) is 0 Å². The predicted molar refractivity (Wildman–Crippen MR) is 124 cm³/mol. The van der Waals surface area contributed by atoms with Gasteiger partial charge in [0.25, 0.3) is 5.91 Å². The number of rotatable bonds is 6. The molecule has 0 unspecified atom stereocenters. The SMILES string of the molecule is O=C(Nc1sc2c(c1C(=O)OCc1ncc(-c3ccccc3)o1)CCCC2)c1cccnc1. The van der Waals surface area contributed by atoms with Crippen LogP contribution in [0.25, 0.3) is 11.3 Å². The van der Waals surface area contributed by atoms with E-state index in [0.717, 1.165) is 41.7 Å². The lowest BCUT2D eigenvalue weighted by atomic mass is 9.95. The topological polar surface area (TPSA) is 94.3 Å². The number of fused-ring (bicyclic) bond motifs is 1. The first-order valence-electron chi connectivity index (χ1n) is 10.7. The lowest BCUT2D eigenvalue weighted by molar-refractivity contribution is 0.0439. The molecule has 33 heavy (non-hydrogen) atoms. The van der Waals surface area contributed by atoms with Gasteiger partial charge in [0.2, 0.25) is 5.89 Å². The highest BCUT2D eigenvalue weighted by Gasteiger charge is 2.28. The fourth-order valence-electron chi connectivity index (χ4n) is 3.85. The number of thiophene rings is 1. The van der Waals surface area contributed by atoms with Gasteiger partial charge in [0.1, 0.15) is 5.00 Å². The zero-order valence-electron chi connectivity index (χ0n) is 17.7. The number of pyridine rings is 1. The molecule has 0 saturated heterocycles. The molecule has 0 spiro atoms. The number of anilines is 1. The van der Waals surface area contributed by atoms with Gasteiger partial charge < -0.3 is 14.5 Å². The van der Waals surface area contributed by atoms with E-state index in [1.165, 1.54) is 17.5 Å². The Hall–Kier alpha value is -3.78. The first-order valence-corrected chi connectivity index (χ1v) is 11.5. The second kappa shape index (κ2) is 9.38. The minimum absolute atomic E-state index is 0.0910. The highest BCUT2D eigenvalue weighted by molar-refractivity contribution is 7.17. The van der Waals surface area contributed by atoms with Gasteiger partial charge in [-0.1, -0.05) is 30.3 Å². The van der Waals surface area contributed by atoms with Crippen LogP contribution >= 0.6 is 11.3 Å². The van der Waals surface area contributed by atoms with E-state index in [-0.39, 0.29) is 12.5 Å². The number of carbonyl (C=O) groups is 2. The summed E-state index contributed by atoms with van der Waals surface area (Å²) in [5.74, 6) is 0.123. The molecule has 1 aromatic carbocycles. The molecule has 0 bridgehead atoms. The van der Waals surface area contributed by atoms with Crippen LogP contribution in [0.4, 0.5) is 5.00 Å². The minimum Gasteiger partial charge on any atom is -0.452 e. The fourth-order valence-corrected chi connectivity index (χ4v) is 5.13. The van der Waals surface area contributed by atoms with Crippen LogP contribution in [0.1, 0.15) is 49.9 Å². The Morgan fingerprint density at radius 3 is 2.73 bits per heavy atom. The third-order valence-electron chi connectivity index (χ3n) is 5.46. The van der Waals surface area contributed by atoms with Crippen molar-refractivity contribution in [2.45, 2.75) is 32.3 Å². The number of nitrogens with one attached hydrogen (secondary N) is 1. The van der Waals surface area contributed by atoms with Crippen LogP contribution in [0.15, 0.2) is 65.5 Å². The van der Waals surface area contributed by atoms with E-state index in [9.17, 15) is 9.59 Å². The molecule has 1 amide bonds. The summed E-state index contributed by atoms with van der Waals surface area (Å²) in [7, 11) is 0. The van der Waals surface area contributed by atoms with Crippen molar-refractivity contribution in [3.8, 4) is 11.3 Å². The Balaban J connectivity index is 1.34. The molecule has 1 aliphatic rings. The summed E-state index contributed by atoms with van der Waals surface area (Å²) in [6, 6.07) is 13.0. The van der Waals surface area contributed by atoms with Gasteiger partial charge in [0.15, 0.2) is 12.4 Å². The average molecular weight is 460 g/mol. The van der Waals surface area contributed by atoms with Crippen LogP contribution in [0.3, 0.4) is 0 Å². The van der Waals surface area contributed by atoms with Crippen molar-refractivity contribution in [3.05, 3.63) is 88.5 Å². The van der Waals surface area contributed by atoms with Crippen LogP contribution < -0.4 is 5.32 Å². The third kappa shape index (κ3) is 4.56. The molecule has 0 radical (unpaired) electrons. The quantitative estimate of drug-likeness (QED) is 0.394. The first kappa shape index (κ1) is 21.1. The summed E-state index contributed by atoms with van der Waals surface area (Å²) >= 11 is 1.44. The number of aromatic nitrogens is 2. The molecule has 0 aliphatic heterocycles. The van der Waals surface area contributed by atoms with Gasteiger partial charge in [-0.2, -0.15) is 0 Å². The van der Waals surface area contributed by atoms with Crippen molar-refractivity contribution in [1.29, 1.82) is 0 Å². The van der Waals surface area contributed by atoms with Gasteiger partial charge in [-0.15, -0.1) is 11.3 Å². The molecular formula is C25H21N3O4S. The maximum Gasteiger partial charge on any atom is 0.341 e. The fraction of sp³-hybridized carbons (Fsp3) is 0.200. The number of esters is 1. The van der Waals surface area contributed by atoms with Crippen molar-refractivity contribution in [2.75, 3.05) is 5.32 Å². The van der Waals surface area contributed by atoms with E-state index in [1.54, 1.807) is 24.5 Å². The first-order chi connectivity index (χ1) is 16.2. The number of benzene rings is 1. The zero-order valence-corrected chi connectivity index (χ0v) is 18.6. The lowest BCUT2D eigenvalue weighted by Gasteiger charge is -2.12. The number of hydrogen-bond acceptors (Lipinski definition) is 7. The van der Waals surface area contributed by atoms with E-state index in [4.69, 9.17) is 9.15 Å². The Kier molecular flexibility index (Phi) is 5.99. The van der Waals surface area contributed by atoms with E-state index in [2.05, 4.69) is 15.3 Å². The number of carbonyl (C=O) groups excluding carboxylic acids is 2. The summed E-state index contributed by atoms with van der Waals surface area (Å²) < 4.78 is 11.3. The van der Waals surface area contributed by atoms with E-state index < -0.39 is 5.97 Å². The summed E-state index contributed by atoms with van der Waals surface area (Å²) in [4.78, 5) is 35.2. The van der Waals surface area contributed by atoms with Crippen molar-refractivity contribution in [1.82, 2.24) is 9.97 Å². The molecule has 8 heteroatoms. The van der Waals surface area contributed by atoms with Crippen LogP contribution in [0.2, 0.25) is 0 Å². The standard InChI is InChI=1S/C25H21N3O4S/c29-23(17-9-6-12-26-13-17)28-24-22(18-10-4-5-11-20(18)33-24)25(30)31-15-21-27-14-19(32-21)16-7-2-1-3-8-16/h1-3,6-9,12-14H,4-5,10-11,15H2,(H,28,29). The Morgan fingerprint density at radius 1 is 1.06 bits per heavy atom. The number of aryl methyl sites for hydroxylation is 1. The average Bonchev–Trinajstić information content (AvgIpc) is 3.48. The molecule has 0 saturated carbocycles. The molecule has 7 nitrogen and oxygen atoms in total. The summed E-state index contributed by atoms with van der Waals surface area (Å²) in [6.45, 7) is -0.0910. The minimum atomic E-state index is -0.490. The number of hydrogen-bond donors (Lipinski definition) is 1. The number of nitrogens with zero attached hydrogens (tertiary/aromatic N) is 2. The van der Waals surface area contributed by atoms with Gasteiger partial charge in [0, 0.05) is 22.8 Å². The highest BCUT2D eigenvalue weighted by atomic mass is 32.1. The zero-order chi connectivity index (χ0) is 22.6. The molecule has 1 N–H and O–H groups in total. The molecule has 3 aromatic heterocycles. The van der Waals surface area contributed by atoms with Crippen LogP contribution in [-0.2, 0) is 24.2 Å². The Morgan fingerprint density at radius 2 is 1.91 bits per heavy atom. The molecule has 166 valence electrons. The summed E-state index contributed by atoms with van der Waals surface area (Å²) in [6.07, 6.45) is 8.46. The lowest BCUT2D eigenvalue weighted by Crippen LogP contribution is -2.16. The smallest absolute Gasteiger partial charge is 0.341 e. The molecule has 0 atom stereocenters.